The summed E-state index contributed by atoms with van der Waals surface area (Å²) in [4.78, 5) is 51.3. The molecule has 6 rings (SSSR count). The number of carbonyl (C=O) groups is 4. The number of anilines is 1. The lowest BCUT2D eigenvalue weighted by atomic mass is 9.63. The molecular formula is C22H19F3N2O4. The van der Waals surface area contributed by atoms with Crippen LogP contribution in [0.5, 0.6) is 0 Å². The Morgan fingerprint density at radius 3 is 2.16 bits per heavy atom. The van der Waals surface area contributed by atoms with Gasteiger partial charge in [0.2, 0.25) is 11.8 Å². The van der Waals surface area contributed by atoms with Crippen LogP contribution in [0.25, 0.3) is 0 Å². The van der Waals surface area contributed by atoms with Crippen molar-refractivity contribution in [2.45, 2.75) is 19.5 Å². The van der Waals surface area contributed by atoms with Crippen molar-refractivity contribution in [2.24, 2.45) is 35.5 Å². The minimum atomic E-state index is -5.22. The van der Waals surface area contributed by atoms with Crippen LogP contribution in [0.1, 0.15) is 23.7 Å². The fourth-order valence-corrected chi connectivity index (χ4v) is 5.61. The lowest BCUT2D eigenvalue weighted by Crippen LogP contribution is -2.49. The van der Waals surface area contributed by atoms with Crippen molar-refractivity contribution in [3.05, 3.63) is 42.0 Å². The topological polar surface area (TPSA) is 74.8 Å². The number of imide groups is 1. The molecule has 0 unspecified atom stereocenters. The highest BCUT2D eigenvalue weighted by molar-refractivity contribution is 6.08. The first-order valence-electron chi connectivity index (χ1n) is 10.1. The number of Topliss-reactive ketones (excluding diaryl/α,β-unsaturated/α-hetero) is 1. The fourth-order valence-electron chi connectivity index (χ4n) is 5.61. The third-order valence-corrected chi connectivity index (χ3v) is 7.09. The number of rotatable bonds is 4. The van der Waals surface area contributed by atoms with Gasteiger partial charge in [-0.15, -0.1) is 0 Å². The normalized spacial score (nSPS) is 32.7. The summed E-state index contributed by atoms with van der Waals surface area (Å²) in [6.07, 6.45) is -0.327. The molecule has 9 heteroatoms. The molecule has 1 saturated heterocycles. The van der Waals surface area contributed by atoms with E-state index in [1.165, 1.54) is 25.1 Å². The van der Waals surface area contributed by atoms with Gasteiger partial charge in [-0.25, -0.2) is 0 Å². The molecule has 162 valence electrons. The summed E-state index contributed by atoms with van der Waals surface area (Å²) >= 11 is 0. The summed E-state index contributed by atoms with van der Waals surface area (Å²) in [5, 5.41) is 0. The summed E-state index contributed by atoms with van der Waals surface area (Å²) in [5.74, 6) is -4.22. The van der Waals surface area contributed by atoms with Crippen LogP contribution in [-0.4, -0.2) is 41.2 Å². The third-order valence-electron chi connectivity index (χ3n) is 7.09. The predicted octanol–water partition coefficient (Wildman–Crippen LogP) is 2.80. The first-order valence-corrected chi connectivity index (χ1v) is 10.1. The van der Waals surface area contributed by atoms with Gasteiger partial charge in [0.05, 0.1) is 11.8 Å². The van der Waals surface area contributed by atoms with Gasteiger partial charge in [0, 0.05) is 11.3 Å². The molecule has 0 aromatic heterocycles. The second kappa shape index (κ2) is 6.51. The highest BCUT2D eigenvalue weighted by Gasteiger charge is 2.67. The maximum atomic E-state index is 13.3. The molecule has 0 N–H and O–H groups in total. The number of benzene rings is 1. The average Bonchev–Trinajstić information content (AvgIpc) is 3.51. The zero-order chi connectivity index (χ0) is 22.2. The van der Waals surface area contributed by atoms with Gasteiger partial charge >= 0.3 is 12.1 Å². The Hall–Kier alpha value is -2.97. The Morgan fingerprint density at radius 1 is 1.06 bits per heavy atom. The van der Waals surface area contributed by atoms with E-state index in [0.29, 0.717) is 16.7 Å². The number of nitrogens with zero attached hydrogens (tertiary/aromatic N) is 2. The second-order valence-electron chi connectivity index (χ2n) is 8.74. The number of hydrogen-bond acceptors (Lipinski definition) is 4. The molecule has 2 saturated carbocycles. The number of halogens is 3. The molecule has 3 amide bonds. The standard InChI is InChI=1S/C22H19F3N2O4/c1-10(28)11-3-2-4-12(7-11)26(21(31)22(23,24)25)9-27-19(29)17-13-5-6-14(16-8-15(13)16)18(17)20(27)30/h2-7,13-18H,8-9H2,1H3/t13-,14+,15-,16-,17+,18-/m1/s1. The van der Waals surface area contributed by atoms with Gasteiger partial charge in [0.15, 0.2) is 5.78 Å². The van der Waals surface area contributed by atoms with Gasteiger partial charge in [-0.05, 0) is 49.1 Å². The molecule has 1 aromatic carbocycles. The highest BCUT2D eigenvalue weighted by atomic mass is 19.4. The van der Waals surface area contributed by atoms with Gasteiger partial charge < -0.3 is 0 Å². The number of allylic oxidation sites excluding steroid dienone is 2. The van der Waals surface area contributed by atoms with Crippen molar-refractivity contribution >= 4 is 29.2 Å². The lowest BCUT2D eigenvalue weighted by molar-refractivity contribution is -0.171. The number of carbonyl (C=O) groups excluding carboxylic acids is 4. The van der Waals surface area contributed by atoms with Gasteiger partial charge in [0.1, 0.15) is 6.67 Å². The second-order valence-corrected chi connectivity index (χ2v) is 8.74. The molecule has 1 heterocycles. The Morgan fingerprint density at radius 2 is 1.65 bits per heavy atom. The molecule has 3 fully saturated rings. The van der Waals surface area contributed by atoms with Crippen LogP contribution in [0, 0.1) is 35.5 Å². The maximum Gasteiger partial charge on any atom is 0.471 e. The van der Waals surface area contributed by atoms with Crippen LogP contribution in [0.2, 0.25) is 0 Å². The zero-order valence-electron chi connectivity index (χ0n) is 16.5. The first kappa shape index (κ1) is 20.0. The molecule has 2 bridgehead atoms. The van der Waals surface area contributed by atoms with E-state index >= 15 is 0 Å². The van der Waals surface area contributed by atoms with E-state index in [2.05, 4.69) is 0 Å². The summed E-state index contributed by atoms with van der Waals surface area (Å²) in [6, 6.07) is 5.17. The van der Waals surface area contributed by atoms with E-state index in [0.717, 1.165) is 17.4 Å². The average molecular weight is 432 g/mol. The number of alkyl halides is 3. The molecule has 1 aliphatic heterocycles. The molecular weight excluding hydrogens is 413 g/mol. The summed E-state index contributed by atoms with van der Waals surface area (Å²) < 4.78 is 40.0. The van der Waals surface area contributed by atoms with Crippen molar-refractivity contribution in [3.8, 4) is 0 Å². The third kappa shape index (κ3) is 2.93. The Labute approximate surface area is 175 Å². The summed E-state index contributed by atoms with van der Waals surface area (Å²) in [7, 11) is 0. The van der Waals surface area contributed by atoms with Gasteiger partial charge in [-0.2, -0.15) is 13.2 Å². The number of ketones is 1. The number of amides is 3. The van der Waals surface area contributed by atoms with E-state index in [1.807, 2.05) is 12.2 Å². The van der Waals surface area contributed by atoms with Gasteiger partial charge in [-0.3, -0.25) is 29.0 Å². The van der Waals surface area contributed by atoms with Crippen LogP contribution >= 0.6 is 0 Å². The van der Waals surface area contributed by atoms with Crippen LogP contribution in [0.4, 0.5) is 18.9 Å². The molecule has 31 heavy (non-hydrogen) atoms. The predicted molar refractivity (Wildman–Crippen MR) is 101 cm³/mol. The quantitative estimate of drug-likeness (QED) is 0.417. The van der Waals surface area contributed by atoms with Crippen LogP contribution in [-0.2, 0) is 14.4 Å². The van der Waals surface area contributed by atoms with Crippen LogP contribution in [0.3, 0.4) is 0 Å². The molecule has 0 radical (unpaired) electrons. The van der Waals surface area contributed by atoms with Crippen molar-refractivity contribution < 1.29 is 32.3 Å². The minimum Gasteiger partial charge on any atom is -0.295 e. The maximum absolute atomic E-state index is 13.3. The molecule has 6 nitrogen and oxygen atoms in total. The molecule has 5 aliphatic rings. The summed E-state index contributed by atoms with van der Waals surface area (Å²) in [5.41, 5.74) is -0.0815. The van der Waals surface area contributed by atoms with E-state index in [4.69, 9.17) is 0 Å². The number of hydrogen-bond donors (Lipinski definition) is 0. The van der Waals surface area contributed by atoms with Crippen molar-refractivity contribution in [2.75, 3.05) is 11.6 Å². The molecule has 1 aromatic rings. The van der Waals surface area contributed by atoms with Crippen LogP contribution in [0.15, 0.2) is 36.4 Å². The molecule has 6 atom stereocenters. The Balaban J connectivity index is 1.48. The van der Waals surface area contributed by atoms with E-state index in [9.17, 15) is 32.3 Å². The van der Waals surface area contributed by atoms with E-state index in [1.54, 1.807) is 0 Å². The Kier molecular flexibility index (Phi) is 4.19. The monoisotopic (exact) mass is 432 g/mol. The Bertz CT molecular complexity index is 1010. The smallest absolute Gasteiger partial charge is 0.295 e. The SMILES string of the molecule is CC(=O)c1cccc(N(CN2C(=O)[C@@H]3[C@H]4C=C[C@H]([C@H]5C[C@H]45)[C@@H]3C2=O)C(=O)C(F)(F)F)c1. The van der Waals surface area contributed by atoms with E-state index < -0.39 is 42.4 Å². The van der Waals surface area contributed by atoms with Gasteiger partial charge in [-0.1, -0.05) is 24.3 Å². The van der Waals surface area contributed by atoms with Gasteiger partial charge in [0.25, 0.3) is 0 Å². The van der Waals surface area contributed by atoms with E-state index in [-0.39, 0.29) is 28.9 Å². The largest absolute Gasteiger partial charge is 0.471 e. The first-order chi connectivity index (χ1) is 14.6. The highest BCUT2D eigenvalue weighted by Crippen LogP contribution is 2.65. The van der Waals surface area contributed by atoms with Crippen molar-refractivity contribution in [1.29, 1.82) is 0 Å². The molecule has 0 spiro atoms. The van der Waals surface area contributed by atoms with Crippen LogP contribution < -0.4 is 4.90 Å². The number of likely N-dealkylation sites (tertiary alicyclic amines) is 1. The lowest BCUT2D eigenvalue weighted by Gasteiger charge is -2.37. The van der Waals surface area contributed by atoms with Crippen molar-refractivity contribution in [1.82, 2.24) is 4.90 Å². The van der Waals surface area contributed by atoms with Crippen molar-refractivity contribution in [3.63, 3.8) is 0 Å². The zero-order valence-corrected chi connectivity index (χ0v) is 16.5. The minimum absolute atomic E-state index is 0.0748. The molecule has 4 aliphatic carbocycles. The fraction of sp³-hybridized carbons (Fsp3) is 0.455. The summed E-state index contributed by atoms with van der Waals surface area (Å²) in [6.45, 7) is 0.417.